The van der Waals surface area contributed by atoms with E-state index in [0.29, 0.717) is 17.3 Å². The van der Waals surface area contributed by atoms with Crippen molar-refractivity contribution in [3.05, 3.63) is 35.5 Å². The Morgan fingerprint density at radius 2 is 1.94 bits per heavy atom. The predicted octanol–water partition coefficient (Wildman–Crippen LogP) is 1.60. The molecule has 5 nitrogen and oxygen atoms in total. The summed E-state index contributed by atoms with van der Waals surface area (Å²) in [5.41, 5.74) is 2.19. The molecule has 1 atom stereocenters. The topological polar surface area (TPSA) is 71.8 Å². The van der Waals surface area contributed by atoms with E-state index in [1.165, 1.54) is 0 Å². The van der Waals surface area contributed by atoms with Gasteiger partial charge in [-0.2, -0.15) is 0 Å². The van der Waals surface area contributed by atoms with E-state index in [0.717, 1.165) is 11.3 Å². The lowest BCUT2D eigenvalue weighted by Crippen LogP contribution is -2.02. The summed E-state index contributed by atoms with van der Waals surface area (Å²) in [5, 5.41) is 9.50. The molecule has 2 rings (SSSR count). The summed E-state index contributed by atoms with van der Waals surface area (Å²) in [5.74, 6) is 1.24. The lowest BCUT2D eigenvalue weighted by Gasteiger charge is -2.08. The van der Waals surface area contributed by atoms with Gasteiger partial charge in [0.15, 0.2) is 5.82 Å². The van der Waals surface area contributed by atoms with E-state index < -0.39 is 6.10 Å². The fourth-order valence-electron chi connectivity index (χ4n) is 1.59. The van der Waals surface area contributed by atoms with Gasteiger partial charge in [0.05, 0.1) is 6.10 Å². The van der Waals surface area contributed by atoms with Crippen LogP contribution in [-0.2, 0) is 0 Å². The summed E-state index contributed by atoms with van der Waals surface area (Å²) in [6.45, 7) is 5.36. The van der Waals surface area contributed by atoms with E-state index >= 15 is 0 Å². The molecular weight excluding hydrogens is 216 g/mol. The quantitative estimate of drug-likeness (QED) is 0.848. The van der Waals surface area contributed by atoms with Crippen molar-refractivity contribution in [3.8, 4) is 11.5 Å². The first-order valence-corrected chi connectivity index (χ1v) is 5.39. The minimum Gasteiger partial charge on any atom is -0.389 e. The highest BCUT2D eigenvalue weighted by Crippen LogP contribution is 2.18. The van der Waals surface area contributed by atoms with Crippen molar-refractivity contribution in [3.63, 3.8) is 0 Å². The second kappa shape index (κ2) is 4.55. The van der Waals surface area contributed by atoms with Crippen LogP contribution in [0, 0.1) is 13.8 Å². The van der Waals surface area contributed by atoms with Gasteiger partial charge in [-0.3, -0.25) is 0 Å². The molecule has 2 aromatic rings. The zero-order chi connectivity index (χ0) is 12.4. The Hall–Kier alpha value is -1.88. The molecule has 0 aliphatic heterocycles. The molecule has 17 heavy (non-hydrogen) atoms. The van der Waals surface area contributed by atoms with Crippen molar-refractivity contribution in [2.75, 3.05) is 0 Å². The summed E-state index contributed by atoms with van der Waals surface area (Å²) in [6.07, 6.45) is 2.76. The summed E-state index contributed by atoms with van der Waals surface area (Å²) >= 11 is 0. The summed E-state index contributed by atoms with van der Waals surface area (Å²) in [6, 6.07) is 1.77. The number of aliphatic hydroxyl groups excluding tert-OH is 1. The van der Waals surface area contributed by atoms with Crippen LogP contribution in [0.2, 0.25) is 0 Å². The number of nitrogens with zero attached hydrogens (tertiary/aromatic N) is 4. The molecule has 2 aromatic heterocycles. The van der Waals surface area contributed by atoms with Crippen LogP contribution in [0.1, 0.15) is 30.1 Å². The second-order valence-corrected chi connectivity index (χ2v) is 3.90. The van der Waals surface area contributed by atoms with Gasteiger partial charge in [0.25, 0.3) is 0 Å². The van der Waals surface area contributed by atoms with Crippen LogP contribution in [0.15, 0.2) is 18.5 Å². The SMILES string of the molecule is Cc1nccc(-c2ncc([C@H](C)O)c(C)n2)n1. The molecule has 1 N–H and O–H groups in total. The van der Waals surface area contributed by atoms with Crippen LogP contribution >= 0.6 is 0 Å². The molecular formula is C12H14N4O. The van der Waals surface area contributed by atoms with Crippen LogP contribution < -0.4 is 0 Å². The Bertz CT molecular complexity index is 540. The summed E-state index contributed by atoms with van der Waals surface area (Å²) in [4.78, 5) is 16.8. The second-order valence-electron chi connectivity index (χ2n) is 3.90. The van der Waals surface area contributed by atoms with Gasteiger partial charge in [-0.05, 0) is 26.8 Å². The van der Waals surface area contributed by atoms with Gasteiger partial charge in [0, 0.05) is 23.7 Å². The lowest BCUT2D eigenvalue weighted by molar-refractivity contribution is 0.197. The van der Waals surface area contributed by atoms with Gasteiger partial charge in [-0.25, -0.2) is 19.9 Å². The third-order valence-corrected chi connectivity index (χ3v) is 2.47. The molecule has 0 saturated carbocycles. The van der Waals surface area contributed by atoms with Crippen molar-refractivity contribution >= 4 is 0 Å². The van der Waals surface area contributed by atoms with Crippen LogP contribution in [0.25, 0.3) is 11.5 Å². The maximum atomic E-state index is 9.50. The zero-order valence-electron chi connectivity index (χ0n) is 10.0. The molecule has 0 saturated heterocycles. The number of hydrogen-bond donors (Lipinski definition) is 1. The predicted molar refractivity (Wildman–Crippen MR) is 63.2 cm³/mol. The maximum absolute atomic E-state index is 9.50. The standard InChI is InChI=1S/C12H14N4O/c1-7-10(8(2)17)6-14-12(15-7)11-4-5-13-9(3)16-11/h4-6,8,17H,1-3H3/t8-/m0/s1. The van der Waals surface area contributed by atoms with Crippen molar-refractivity contribution in [1.29, 1.82) is 0 Å². The monoisotopic (exact) mass is 230 g/mol. The van der Waals surface area contributed by atoms with Crippen LogP contribution in [0.3, 0.4) is 0 Å². The molecule has 0 fully saturated rings. The van der Waals surface area contributed by atoms with Crippen LogP contribution in [-0.4, -0.2) is 25.0 Å². The minimum absolute atomic E-state index is 0.553. The summed E-state index contributed by atoms with van der Waals surface area (Å²) < 4.78 is 0. The summed E-state index contributed by atoms with van der Waals surface area (Å²) in [7, 11) is 0. The van der Waals surface area contributed by atoms with Gasteiger partial charge in [0.2, 0.25) is 0 Å². The number of aliphatic hydroxyl groups is 1. The Kier molecular flexibility index (Phi) is 3.10. The Labute approximate surface area is 99.6 Å². The molecule has 2 heterocycles. The van der Waals surface area contributed by atoms with Crippen molar-refractivity contribution in [2.45, 2.75) is 26.9 Å². The third kappa shape index (κ3) is 2.45. The van der Waals surface area contributed by atoms with Gasteiger partial charge in [-0.15, -0.1) is 0 Å². The maximum Gasteiger partial charge on any atom is 0.178 e. The molecule has 0 radical (unpaired) electrons. The molecule has 0 amide bonds. The number of hydrogen-bond acceptors (Lipinski definition) is 5. The van der Waals surface area contributed by atoms with E-state index in [1.54, 1.807) is 25.4 Å². The highest BCUT2D eigenvalue weighted by molar-refractivity contribution is 5.48. The average Bonchev–Trinajstić information content (AvgIpc) is 2.28. The fourth-order valence-corrected chi connectivity index (χ4v) is 1.59. The number of rotatable bonds is 2. The van der Waals surface area contributed by atoms with Gasteiger partial charge >= 0.3 is 0 Å². The molecule has 5 heteroatoms. The van der Waals surface area contributed by atoms with Gasteiger partial charge < -0.3 is 5.11 Å². The third-order valence-electron chi connectivity index (χ3n) is 2.47. The Morgan fingerprint density at radius 1 is 1.18 bits per heavy atom. The highest BCUT2D eigenvalue weighted by Gasteiger charge is 2.10. The number of aromatic nitrogens is 4. The van der Waals surface area contributed by atoms with Crippen molar-refractivity contribution in [1.82, 2.24) is 19.9 Å². The molecule has 0 unspecified atom stereocenters. The first-order chi connectivity index (χ1) is 8.08. The molecule has 0 aliphatic carbocycles. The molecule has 88 valence electrons. The van der Waals surface area contributed by atoms with E-state index in [4.69, 9.17) is 0 Å². The molecule has 0 bridgehead atoms. The van der Waals surface area contributed by atoms with Crippen molar-refractivity contribution < 1.29 is 5.11 Å². The first kappa shape index (κ1) is 11.6. The van der Waals surface area contributed by atoms with E-state index in [9.17, 15) is 5.11 Å². The molecule has 0 spiro atoms. The normalized spacial score (nSPS) is 12.5. The van der Waals surface area contributed by atoms with E-state index in [1.807, 2.05) is 13.8 Å². The first-order valence-electron chi connectivity index (χ1n) is 5.39. The lowest BCUT2D eigenvalue weighted by atomic mass is 10.1. The van der Waals surface area contributed by atoms with Crippen LogP contribution in [0.4, 0.5) is 0 Å². The fraction of sp³-hybridized carbons (Fsp3) is 0.333. The van der Waals surface area contributed by atoms with Crippen LogP contribution in [0.5, 0.6) is 0 Å². The number of aryl methyl sites for hydroxylation is 2. The van der Waals surface area contributed by atoms with E-state index in [-0.39, 0.29) is 0 Å². The van der Waals surface area contributed by atoms with Gasteiger partial charge in [-0.1, -0.05) is 0 Å². The average molecular weight is 230 g/mol. The Balaban J connectivity index is 2.44. The largest absolute Gasteiger partial charge is 0.389 e. The molecule has 0 aliphatic rings. The smallest absolute Gasteiger partial charge is 0.178 e. The highest BCUT2D eigenvalue weighted by atomic mass is 16.3. The van der Waals surface area contributed by atoms with Gasteiger partial charge in [0.1, 0.15) is 11.5 Å². The van der Waals surface area contributed by atoms with Crippen molar-refractivity contribution in [2.24, 2.45) is 0 Å². The van der Waals surface area contributed by atoms with E-state index in [2.05, 4.69) is 19.9 Å². The minimum atomic E-state index is -0.559. The Morgan fingerprint density at radius 3 is 2.53 bits per heavy atom. The zero-order valence-corrected chi connectivity index (χ0v) is 10.0. The molecule has 0 aromatic carbocycles.